The predicted molar refractivity (Wildman–Crippen MR) is 57.1 cm³/mol. The lowest BCUT2D eigenvalue weighted by atomic mass is 10.2. The zero-order valence-corrected chi connectivity index (χ0v) is 9.49. The van der Waals surface area contributed by atoms with Crippen molar-refractivity contribution >= 4 is 11.8 Å². The van der Waals surface area contributed by atoms with Crippen molar-refractivity contribution < 1.29 is 18.0 Å². The average Bonchev–Trinajstić information content (AvgIpc) is 2.24. The summed E-state index contributed by atoms with van der Waals surface area (Å²) in [5.41, 5.74) is 3.14. The highest BCUT2D eigenvalue weighted by molar-refractivity contribution is 7.98. The van der Waals surface area contributed by atoms with Gasteiger partial charge in [0, 0.05) is 11.4 Å². The van der Waals surface area contributed by atoms with Crippen molar-refractivity contribution in [3.05, 3.63) is 29.8 Å². The molecule has 0 saturated carbocycles. The minimum Gasteiger partial charge on any atom is -0.292 e. The van der Waals surface area contributed by atoms with Gasteiger partial charge in [-0.2, -0.15) is 18.7 Å². The van der Waals surface area contributed by atoms with E-state index < -0.39 is 12.8 Å². The van der Waals surface area contributed by atoms with Crippen LogP contribution in [0.5, 0.6) is 0 Å². The Hall–Kier alpha value is -0.720. The maximum absolute atomic E-state index is 11.7. The number of alkyl halides is 3. The summed E-state index contributed by atoms with van der Waals surface area (Å²) in [4.78, 5) is 5.39. The minimum atomic E-state index is -4.30. The van der Waals surface area contributed by atoms with Gasteiger partial charge in [0.25, 0.3) is 0 Å². The fourth-order valence-electron chi connectivity index (χ4n) is 1.01. The first kappa shape index (κ1) is 13.3. The normalized spacial score (nSPS) is 11.8. The van der Waals surface area contributed by atoms with E-state index >= 15 is 0 Å². The molecule has 0 aliphatic rings. The van der Waals surface area contributed by atoms with E-state index in [0.29, 0.717) is 0 Å². The molecule has 2 nitrogen and oxygen atoms in total. The Morgan fingerprint density at radius 3 is 2.38 bits per heavy atom. The summed E-state index contributed by atoms with van der Waals surface area (Å²) in [5.74, 6) is 0. The van der Waals surface area contributed by atoms with Crippen LogP contribution in [0, 0.1) is 0 Å². The second-order valence-electron chi connectivity index (χ2n) is 3.07. The van der Waals surface area contributed by atoms with Gasteiger partial charge in [0.15, 0.2) is 6.61 Å². The number of rotatable bonds is 5. The van der Waals surface area contributed by atoms with E-state index in [1.807, 2.05) is 30.5 Å². The molecule has 1 aromatic carbocycles. The molecular weight excluding hydrogens is 239 g/mol. The summed E-state index contributed by atoms with van der Waals surface area (Å²) in [7, 11) is 0. The number of halogens is 3. The van der Waals surface area contributed by atoms with E-state index in [0.717, 1.165) is 10.5 Å². The molecule has 0 bridgehead atoms. The van der Waals surface area contributed by atoms with E-state index in [1.165, 1.54) is 0 Å². The molecule has 6 heteroatoms. The molecule has 1 N–H and O–H groups in total. The van der Waals surface area contributed by atoms with Crippen molar-refractivity contribution in [3.63, 3.8) is 0 Å². The molecular formula is C10H12F3NOS. The highest BCUT2D eigenvalue weighted by atomic mass is 32.2. The first-order valence-corrected chi connectivity index (χ1v) is 5.78. The summed E-state index contributed by atoms with van der Waals surface area (Å²) in [5, 5.41) is 0. The van der Waals surface area contributed by atoms with Crippen molar-refractivity contribution in [1.29, 1.82) is 0 Å². The first-order valence-electron chi connectivity index (χ1n) is 4.55. The molecule has 0 spiro atoms. The van der Waals surface area contributed by atoms with Crippen LogP contribution in [-0.2, 0) is 11.4 Å². The van der Waals surface area contributed by atoms with Gasteiger partial charge in [0.1, 0.15) is 0 Å². The van der Waals surface area contributed by atoms with Crippen LogP contribution >= 0.6 is 11.8 Å². The van der Waals surface area contributed by atoms with Gasteiger partial charge < -0.3 is 0 Å². The number of hydrogen-bond acceptors (Lipinski definition) is 3. The van der Waals surface area contributed by atoms with Crippen LogP contribution in [-0.4, -0.2) is 19.0 Å². The van der Waals surface area contributed by atoms with Crippen molar-refractivity contribution in [2.75, 3.05) is 12.9 Å². The number of thioether (sulfide) groups is 1. The fraction of sp³-hybridized carbons (Fsp3) is 0.400. The van der Waals surface area contributed by atoms with Gasteiger partial charge in [-0.15, -0.1) is 11.8 Å². The largest absolute Gasteiger partial charge is 0.413 e. The molecule has 0 fully saturated rings. The molecule has 0 saturated heterocycles. The summed E-state index contributed by atoms with van der Waals surface area (Å²) < 4.78 is 35.1. The molecule has 1 rings (SSSR count). The number of hydroxylamine groups is 1. The number of benzene rings is 1. The van der Waals surface area contributed by atoms with Crippen LogP contribution in [0.2, 0.25) is 0 Å². The van der Waals surface area contributed by atoms with Gasteiger partial charge in [0.2, 0.25) is 0 Å². The molecule has 1 aromatic rings. The highest BCUT2D eigenvalue weighted by Crippen LogP contribution is 2.15. The van der Waals surface area contributed by atoms with Gasteiger partial charge >= 0.3 is 6.18 Å². The van der Waals surface area contributed by atoms with Crippen molar-refractivity contribution in [2.45, 2.75) is 17.6 Å². The lowest BCUT2D eigenvalue weighted by molar-refractivity contribution is -0.190. The first-order chi connectivity index (χ1) is 7.51. The van der Waals surface area contributed by atoms with E-state index in [1.54, 1.807) is 11.8 Å². The predicted octanol–water partition coefficient (Wildman–Crippen LogP) is 2.99. The van der Waals surface area contributed by atoms with E-state index in [4.69, 9.17) is 0 Å². The maximum Gasteiger partial charge on any atom is 0.413 e. The van der Waals surface area contributed by atoms with Gasteiger partial charge in [0.05, 0.1) is 0 Å². The molecule has 90 valence electrons. The smallest absolute Gasteiger partial charge is 0.292 e. The molecule has 0 aliphatic heterocycles. The molecule has 16 heavy (non-hydrogen) atoms. The topological polar surface area (TPSA) is 21.3 Å². The molecule has 0 radical (unpaired) electrons. The van der Waals surface area contributed by atoms with E-state index in [-0.39, 0.29) is 6.54 Å². The van der Waals surface area contributed by atoms with Crippen molar-refractivity contribution in [1.82, 2.24) is 5.48 Å². The van der Waals surface area contributed by atoms with Gasteiger partial charge in [-0.05, 0) is 24.0 Å². The van der Waals surface area contributed by atoms with Crippen LogP contribution in [0.15, 0.2) is 29.2 Å². The monoisotopic (exact) mass is 251 g/mol. The average molecular weight is 251 g/mol. The third-order valence-corrected chi connectivity index (χ3v) is 2.52. The summed E-state index contributed by atoms with van der Waals surface area (Å²) in [6.45, 7) is -1.03. The Kier molecular flexibility index (Phi) is 5.11. The highest BCUT2D eigenvalue weighted by Gasteiger charge is 2.27. The summed E-state index contributed by atoms with van der Waals surface area (Å²) >= 11 is 1.61. The SMILES string of the molecule is CSc1ccc(CNOCC(F)(F)F)cc1. The van der Waals surface area contributed by atoms with Gasteiger partial charge in [-0.3, -0.25) is 4.84 Å². The Balaban J connectivity index is 2.27. The lowest BCUT2D eigenvalue weighted by Gasteiger charge is -2.08. The third kappa shape index (κ3) is 5.39. The molecule has 0 amide bonds. The Morgan fingerprint density at radius 1 is 1.25 bits per heavy atom. The van der Waals surface area contributed by atoms with Crippen LogP contribution in [0.3, 0.4) is 0 Å². The maximum atomic E-state index is 11.7. The van der Waals surface area contributed by atoms with Crippen LogP contribution in [0.4, 0.5) is 13.2 Å². The quantitative estimate of drug-likeness (QED) is 0.494. The summed E-state index contributed by atoms with van der Waals surface area (Å²) in [6, 6.07) is 7.50. The van der Waals surface area contributed by atoms with Gasteiger partial charge in [-0.1, -0.05) is 12.1 Å². The zero-order valence-electron chi connectivity index (χ0n) is 8.67. The fourth-order valence-corrected chi connectivity index (χ4v) is 1.42. The van der Waals surface area contributed by atoms with Crippen LogP contribution in [0.1, 0.15) is 5.56 Å². The molecule has 0 unspecified atom stereocenters. The number of hydrogen-bond donors (Lipinski definition) is 1. The second kappa shape index (κ2) is 6.12. The van der Waals surface area contributed by atoms with Crippen molar-refractivity contribution in [3.8, 4) is 0 Å². The molecule has 0 atom stereocenters. The molecule has 0 heterocycles. The Bertz CT molecular complexity index is 313. The van der Waals surface area contributed by atoms with E-state index in [2.05, 4.69) is 10.3 Å². The number of nitrogens with one attached hydrogen (secondary N) is 1. The van der Waals surface area contributed by atoms with Crippen LogP contribution in [0.25, 0.3) is 0 Å². The molecule has 0 aliphatic carbocycles. The van der Waals surface area contributed by atoms with Crippen LogP contribution < -0.4 is 5.48 Å². The Morgan fingerprint density at radius 2 is 1.88 bits per heavy atom. The Labute approximate surface area is 96.1 Å². The summed E-state index contributed by atoms with van der Waals surface area (Å²) in [6.07, 6.45) is -2.34. The molecule has 0 aromatic heterocycles. The van der Waals surface area contributed by atoms with E-state index in [9.17, 15) is 13.2 Å². The second-order valence-corrected chi connectivity index (χ2v) is 3.95. The standard InChI is InChI=1S/C10H12F3NOS/c1-16-9-4-2-8(3-5-9)6-14-15-7-10(11,12)13/h2-5,14H,6-7H2,1H3. The third-order valence-electron chi connectivity index (χ3n) is 1.77. The lowest BCUT2D eigenvalue weighted by Crippen LogP contribution is -2.24. The minimum absolute atomic E-state index is 0.255. The van der Waals surface area contributed by atoms with Gasteiger partial charge in [-0.25, -0.2) is 0 Å². The zero-order chi connectivity index (χ0) is 12.0. The van der Waals surface area contributed by atoms with Crippen molar-refractivity contribution in [2.24, 2.45) is 0 Å².